The summed E-state index contributed by atoms with van der Waals surface area (Å²) in [6.45, 7) is 4.05. The Kier molecular flexibility index (Phi) is 6.20. The molecule has 0 spiro atoms. The summed E-state index contributed by atoms with van der Waals surface area (Å²) >= 11 is 6.80. The molecule has 0 bridgehead atoms. The van der Waals surface area contributed by atoms with Crippen LogP contribution in [0.15, 0.2) is 49.2 Å². The number of aromatic nitrogens is 2. The summed E-state index contributed by atoms with van der Waals surface area (Å²) in [4.78, 5) is 17.8. The zero-order valence-corrected chi connectivity index (χ0v) is 18.8. The molecule has 2 aromatic carbocycles. The molecule has 0 aliphatic carbocycles. The lowest BCUT2D eigenvalue weighted by Crippen LogP contribution is -2.23. The van der Waals surface area contributed by atoms with Crippen LogP contribution >= 0.6 is 31.9 Å². The van der Waals surface area contributed by atoms with Crippen molar-refractivity contribution in [3.05, 3.63) is 61.0 Å². The van der Waals surface area contributed by atoms with Gasteiger partial charge >= 0.3 is 0 Å². The van der Waals surface area contributed by atoms with E-state index in [4.69, 9.17) is 4.74 Å². The molecule has 0 unspecified atom stereocenters. The van der Waals surface area contributed by atoms with Crippen LogP contribution < -0.4 is 10.3 Å². The summed E-state index contributed by atoms with van der Waals surface area (Å²) in [5.74, 6) is 0.983. The van der Waals surface area contributed by atoms with E-state index in [1.165, 1.54) is 17.9 Å². The van der Waals surface area contributed by atoms with Crippen molar-refractivity contribution in [3.8, 4) is 11.5 Å². The van der Waals surface area contributed by atoms with Gasteiger partial charge in [-0.1, -0.05) is 29.8 Å². The number of benzene rings is 2. The normalized spacial score (nSPS) is 12.6. The molecule has 8 heteroatoms. The number of hydrogen-bond donors (Lipinski definition) is 1. The van der Waals surface area contributed by atoms with Crippen LogP contribution in [0.2, 0.25) is 0 Å². The summed E-state index contributed by atoms with van der Waals surface area (Å²) in [6, 6.07) is 8.59. The number of rotatable bonds is 5. The first-order chi connectivity index (χ1) is 13.3. The van der Waals surface area contributed by atoms with E-state index in [-0.39, 0.29) is 17.2 Å². The summed E-state index contributed by atoms with van der Waals surface area (Å²) in [6.07, 6.45) is 2.37. The molecule has 1 atom stereocenters. The van der Waals surface area contributed by atoms with E-state index in [2.05, 4.69) is 41.9 Å². The number of methoxy groups -OCH3 is 1. The van der Waals surface area contributed by atoms with Crippen LogP contribution in [0.1, 0.15) is 37.6 Å². The van der Waals surface area contributed by atoms with Gasteiger partial charge in [0.2, 0.25) is 0 Å². The Morgan fingerprint density at radius 3 is 2.75 bits per heavy atom. The summed E-state index contributed by atoms with van der Waals surface area (Å²) in [7, 11) is 1.47. The van der Waals surface area contributed by atoms with Gasteiger partial charge in [-0.2, -0.15) is 9.78 Å². The molecule has 0 fully saturated rings. The SMILES string of the molecule is CC[C@@H](C)c1nc2ccc(Br)cc2c(=O)n1N=Cc1cc(OC)c(O)cc1Br. The number of aromatic hydroxyl groups is 1. The van der Waals surface area contributed by atoms with Gasteiger partial charge in [0.15, 0.2) is 11.5 Å². The molecule has 3 rings (SSSR count). The van der Waals surface area contributed by atoms with Gasteiger partial charge in [0.25, 0.3) is 5.56 Å². The lowest BCUT2D eigenvalue weighted by Gasteiger charge is -2.14. The predicted octanol–water partition coefficient (Wildman–Crippen LogP) is 5.03. The smallest absolute Gasteiger partial charge is 0.282 e. The van der Waals surface area contributed by atoms with Gasteiger partial charge in [0.1, 0.15) is 5.82 Å². The van der Waals surface area contributed by atoms with Gasteiger partial charge in [-0.05, 0) is 52.7 Å². The van der Waals surface area contributed by atoms with Crippen molar-refractivity contribution in [2.45, 2.75) is 26.2 Å². The number of nitrogens with zero attached hydrogens (tertiary/aromatic N) is 3. The van der Waals surface area contributed by atoms with Gasteiger partial charge in [-0.25, -0.2) is 4.98 Å². The van der Waals surface area contributed by atoms with Crippen molar-refractivity contribution in [1.82, 2.24) is 9.66 Å². The van der Waals surface area contributed by atoms with Crippen molar-refractivity contribution in [2.75, 3.05) is 7.11 Å². The van der Waals surface area contributed by atoms with Gasteiger partial charge < -0.3 is 9.84 Å². The number of halogens is 2. The lowest BCUT2D eigenvalue weighted by atomic mass is 10.1. The molecule has 1 heterocycles. The Balaban J connectivity index is 2.20. The van der Waals surface area contributed by atoms with Crippen LogP contribution in [-0.2, 0) is 0 Å². The van der Waals surface area contributed by atoms with Crippen molar-refractivity contribution in [3.63, 3.8) is 0 Å². The molecule has 146 valence electrons. The van der Waals surface area contributed by atoms with E-state index >= 15 is 0 Å². The zero-order valence-electron chi connectivity index (χ0n) is 15.6. The maximum atomic E-state index is 13.1. The second-order valence-electron chi connectivity index (χ2n) is 6.35. The molecule has 1 N–H and O–H groups in total. The average molecular weight is 509 g/mol. The van der Waals surface area contributed by atoms with E-state index < -0.39 is 0 Å². The minimum Gasteiger partial charge on any atom is -0.504 e. The monoisotopic (exact) mass is 507 g/mol. The maximum Gasteiger partial charge on any atom is 0.282 e. The molecule has 0 amide bonds. The minimum absolute atomic E-state index is 0.0150. The largest absolute Gasteiger partial charge is 0.504 e. The average Bonchev–Trinajstić information content (AvgIpc) is 2.68. The van der Waals surface area contributed by atoms with E-state index in [9.17, 15) is 9.90 Å². The Labute approximate surface area is 179 Å². The molecular formula is C20H19Br2N3O3. The third-order valence-electron chi connectivity index (χ3n) is 4.50. The van der Waals surface area contributed by atoms with Crippen LogP contribution in [0, 0.1) is 0 Å². The number of phenolic OH excluding ortho intramolecular Hbond substituents is 1. The Morgan fingerprint density at radius 1 is 1.32 bits per heavy atom. The molecule has 3 aromatic rings. The predicted molar refractivity (Wildman–Crippen MR) is 118 cm³/mol. The molecule has 6 nitrogen and oxygen atoms in total. The Hall–Kier alpha value is -2.19. The highest BCUT2D eigenvalue weighted by molar-refractivity contribution is 9.10. The lowest BCUT2D eigenvalue weighted by molar-refractivity contribution is 0.373. The summed E-state index contributed by atoms with van der Waals surface area (Å²) < 4.78 is 7.92. The standard InChI is InChI=1S/C20H19Br2N3O3/c1-4-11(2)19-24-16-6-5-13(21)8-14(16)20(27)25(19)23-10-12-7-18(28-3)17(26)9-15(12)22/h5-11,26H,4H2,1-3H3/t11-/m1/s1. The fraction of sp³-hybridized carbons (Fsp3) is 0.250. The number of ether oxygens (including phenoxy) is 1. The molecule has 0 saturated heterocycles. The fourth-order valence-corrected chi connectivity index (χ4v) is 3.51. The molecule has 0 radical (unpaired) electrons. The topological polar surface area (TPSA) is 76.7 Å². The second kappa shape index (κ2) is 8.45. The van der Waals surface area contributed by atoms with Crippen molar-refractivity contribution >= 4 is 49.0 Å². The summed E-state index contributed by atoms with van der Waals surface area (Å²) in [5.41, 5.74) is 1.06. The van der Waals surface area contributed by atoms with Gasteiger partial charge in [0.05, 0.1) is 24.2 Å². The van der Waals surface area contributed by atoms with Gasteiger partial charge in [-0.3, -0.25) is 4.79 Å². The van der Waals surface area contributed by atoms with E-state index in [1.54, 1.807) is 18.3 Å². The molecular weight excluding hydrogens is 490 g/mol. The van der Waals surface area contributed by atoms with Crippen LogP contribution in [0.5, 0.6) is 11.5 Å². The Morgan fingerprint density at radius 2 is 2.07 bits per heavy atom. The second-order valence-corrected chi connectivity index (χ2v) is 8.12. The van der Waals surface area contributed by atoms with Gasteiger partial charge in [-0.15, -0.1) is 0 Å². The first-order valence-electron chi connectivity index (χ1n) is 8.68. The Bertz CT molecular complexity index is 1130. The number of phenols is 1. The van der Waals surface area contributed by atoms with Crippen LogP contribution in [0.25, 0.3) is 10.9 Å². The molecule has 1 aromatic heterocycles. The highest BCUT2D eigenvalue weighted by Gasteiger charge is 2.16. The molecule has 28 heavy (non-hydrogen) atoms. The van der Waals surface area contributed by atoms with E-state index in [0.717, 1.165) is 10.9 Å². The molecule has 0 saturated carbocycles. The third-order valence-corrected chi connectivity index (χ3v) is 5.68. The third kappa shape index (κ3) is 3.98. The fourth-order valence-electron chi connectivity index (χ4n) is 2.72. The number of hydrogen-bond acceptors (Lipinski definition) is 5. The zero-order chi connectivity index (χ0) is 20.4. The van der Waals surface area contributed by atoms with Crippen LogP contribution in [0.3, 0.4) is 0 Å². The van der Waals surface area contributed by atoms with E-state index in [1.807, 2.05) is 26.0 Å². The molecule has 0 aliphatic heterocycles. The van der Waals surface area contributed by atoms with E-state index in [0.29, 0.717) is 32.5 Å². The van der Waals surface area contributed by atoms with Crippen molar-refractivity contribution < 1.29 is 9.84 Å². The first kappa shape index (κ1) is 20.5. The quantitative estimate of drug-likeness (QED) is 0.490. The highest BCUT2D eigenvalue weighted by atomic mass is 79.9. The number of fused-ring (bicyclic) bond motifs is 1. The highest BCUT2D eigenvalue weighted by Crippen LogP contribution is 2.31. The maximum absolute atomic E-state index is 13.1. The molecule has 0 aliphatic rings. The first-order valence-corrected chi connectivity index (χ1v) is 10.3. The van der Waals surface area contributed by atoms with Crippen LogP contribution in [0.4, 0.5) is 0 Å². The van der Waals surface area contributed by atoms with Gasteiger partial charge in [0, 0.05) is 20.4 Å². The van der Waals surface area contributed by atoms with Crippen LogP contribution in [-0.4, -0.2) is 28.1 Å². The summed E-state index contributed by atoms with van der Waals surface area (Å²) in [5, 5.41) is 14.8. The van der Waals surface area contributed by atoms with Crippen molar-refractivity contribution in [2.24, 2.45) is 5.10 Å². The van der Waals surface area contributed by atoms with Crippen molar-refractivity contribution in [1.29, 1.82) is 0 Å². The minimum atomic E-state index is -0.236.